The van der Waals surface area contributed by atoms with E-state index >= 15 is 0 Å². The van der Waals surface area contributed by atoms with Crippen LogP contribution >= 0.6 is 0 Å². The Morgan fingerprint density at radius 3 is 2.19 bits per heavy atom. The molecule has 2 atom stereocenters. The van der Waals surface area contributed by atoms with E-state index < -0.39 is 6.10 Å². The van der Waals surface area contributed by atoms with E-state index in [1.165, 1.54) is 5.56 Å². The van der Waals surface area contributed by atoms with Gasteiger partial charge in [-0.25, -0.2) is 0 Å². The first-order valence-corrected chi connectivity index (χ1v) is 9.64. The van der Waals surface area contributed by atoms with Gasteiger partial charge in [0.25, 0.3) is 5.91 Å². The van der Waals surface area contributed by atoms with E-state index in [1.54, 1.807) is 0 Å². The van der Waals surface area contributed by atoms with E-state index in [1.807, 2.05) is 49.4 Å². The summed E-state index contributed by atoms with van der Waals surface area (Å²) >= 11 is 0. The van der Waals surface area contributed by atoms with Gasteiger partial charge in [0.15, 0.2) is 6.10 Å². The first kappa shape index (κ1) is 20.0. The summed E-state index contributed by atoms with van der Waals surface area (Å²) in [5.74, 6) is 1.17. The third-order valence-corrected chi connectivity index (χ3v) is 4.50. The van der Waals surface area contributed by atoms with Crippen molar-refractivity contribution in [2.75, 3.05) is 0 Å². The predicted octanol–water partition coefficient (Wildman–Crippen LogP) is 5.31. The third-order valence-electron chi connectivity index (χ3n) is 4.50. The average molecular weight is 354 g/mol. The molecule has 0 fully saturated rings. The molecule has 2 rings (SSSR count). The molecule has 0 aliphatic heterocycles. The zero-order valence-corrected chi connectivity index (χ0v) is 16.4. The lowest BCUT2D eigenvalue weighted by molar-refractivity contribution is -0.129. The van der Waals surface area contributed by atoms with E-state index in [0.29, 0.717) is 12.3 Å². The van der Waals surface area contributed by atoms with Gasteiger partial charge in [-0.3, -0.25) is 4.79 Å². The summed E-state index contributed by atoms with van der Waals surface area (Å²) < 4.78 is 5.95. The predicted molar refractivity (Wildman–Crippen MR) is 107 cm³/mol. The van der Waals surface area contributed by atoms with Gasteiger partial charge in [0.05, 0.1) is 6.04 Å². The summed E-state index contributed by atoms with van der Waals surface area (Å²) in [5, 5.41) is 3.19. The number of rotatable bonds is 9. The Hall–Kier alpha value is -2.29. The molecule has 0 saturated carbocycles. The zero-order valence-electron chi connectivity index (χ0n) is 16.4. The SMILES string of the molecule is CCc1ccc(O[C@H](CC)C(=O)N[C@@H](CC(C)C)c2ccccc2)cc1. The second-order valence-corrected chi connectivity index (χ2v) is 7.11. The standard InChI is InChI=1S/C23H31NO2/c1-5-18-12-14-20(15-13-18)26-22(6-2)23(25)24-21(16-17(3)4)19-10-8-7-9-11-19/h7-15,17,21-22H,5-6,16H2,1-4H3,(H,24,25)/t21-,22+/m0/s1. The van der Waals surface area contributed by atoms with E-state index in [0.717, 1.165) is 24.2 Å². The average Bonchev–Trinajstić information content (AvgIpc) is 2.66. The van der Waals surface area contributed by atoms with Gasteiger partial charge in [-0.1, -0.05) is 70.2 Å². The second-order valence-electron chi connectivity index (χ2n) is 7.11. The van der Waals surface area contributed by atoms with Crippen molar-refractivity contribution in [1.82, 2.24) is 5.32 Å². The fourth-order valence-corrected chi connectivity index (χ4v) is 2.99. The molecule has 0 spiro atoms. The lowest BCUT2D eigenvalue weighted by Crippen LogP contribution is -2.40. The van der Waals surface area contributed by atoms with Crippen molar-refractivity contribution in [3.05, 3.63) is 65.7 Å². The summed E-state index contributed by atoms with van der Waals surface area (Å²) in [6.45, 7) is 8.44. The highest BCUT2D eigenvalue weighted by atomic mass is 16.5. The van der Waals surface area contributed by atoms with Crippen LogP contribution in [-0.2, 0) is 11.2 Å². The molecule has 0 aromatic heterocycles. The molecule has 0 aliphatic rings. The highest BCUT2D eigenvalue weighted by molar-refractivity contribution is 5.81. The summed E-state index contributed by atoms with van der Waals surface area (Å²) in [5.41, 5.74) is 2.40. The van der Waals surface area contributed by atoms with Gasteiger partial charge in [-0.15, -0.1) is 0 Å². The number of ether oxygens (including phenoxy) is 1. The second kappa shape index (κ2) is 10.0. The van der Waals surface area contributed by atoms with Crippen molar-refractivity contribution < 1.29 is 9.53 Å². The van der Waals surface area contributed by atoms with Crippen molar-refractivity contribution in [1.29, 1.82) is 0 Å². The van der Waals surface area contributed by atoms with Gasteiger partial charge in [-0.2, -0.15) is 0 Å². The molecule has 0 radical (unpaired) electrons. The number of carbonyl (C=O) groups excluding carboxylic acids is 1. The first-order valence-electron chi connectivity index (χ1n) is 9.64. The normalized spacial score (nSPS) is 13.3. The molecule has 0 saturated heterocycles. The van der Waals surface area contributed by atoms with Gasteiger partial charge in [0.1, 0.15) is 5.75 Å². The quantitative estimate of drug-likeness (QED) is 0.663. The molecule has 0 bridgehead atoms. The fraction of sp³-hybridized carbons (Fsp3) is 0.435. The van der Waals surface area contributed by atoms with Crippen molar-refractivity contribution in [2.24, 2.45) is 5.92 Å². The van der Waals surface area contributed by atoms with Crippen LogP contribution in [0.2, 0.25) is 0 Å². The Morgan fingerprint density at radius 2 is 1.65 bits per heavy atom. The van der Waals surface area contributed by atoms with Crippen LogP contribution in [0.4, 0.5) is 0 Å². The monoisotopic (exact) mass is 353 g/mol. The Balaban J connectivity index is 2.07. The molecule has 2 aromatic carbocycles. The maximum atomic E-state index is 12.8. The lowest BCUT2D eigenvalue weighted by atomic mass is 9.96. The van der Waals surface area contributed by atoms with E-state index in [9.17, 15) is 4.79 Å². The fourth-order valence-electron chi connectivity index (χ4n) is 2.99. The van der Waals surface area contributed by atoms with Crippen molar-refractivity contribution in [3.8, 4) is 5.75 Å². The van der Waals surface area contributed by atoms with Gasteiger partial charge >= 0.3 is 0 Å². The van der Waals surface area contributed by atoms with Gasteiger partial charge < -0.3 is 10.1 Å². The Morgan fingerprint density at radius 1 is 1.00 bits per heavy atom. The molecule has 1 N–H and O–H groups in total. The lowest BCUT2D eigenvalue weighted by Gasteiger charge is -2.24. The summed E-state index contributed by atoms with van der Waals surface area (Å²) in [4.78, 5) is 12.8. The van der Waals surface area contributed by atoms with Crippen molar-refractivity contribution in [2.45, 2.75) is 59.1 Å². The minimum atomic E-state index is -0.485. The summed E-state index contributed by atoms with van der Waals surface area (Å²) in [6, 6.07) is 18.1. The summed E-state index contributed by atoms with van der Waals surface area (Å²) in [7, 11) is 0. The van der Waals surface area contributed by atoms with E-state index in [4.69, 9.17) is 4.74 Å². The first-order chi connectivity index (χ1) is 12.5. The topological polar surface area (TPSA) is 38.3 Å². The highest BCUT2D eigenvalue weighted by Gasteiger charge is 2.23. The minimum absolute atomic E-state index is 0.00353. The van der Waals surface area contributed by atoms with Crippen LogP contribution in [-0.4, -0.2) is 12.0 Å². The number of aryl methyl sites for hydroxylation is 1. The number of amides is 1. The molecular weight excluding hydrogens is 322 g/mol. The molecule has 3 heteroatoms. The molecule has 0 heterocycles. The number of hydrogen-bond acceptors (Lipinski definition) is 2. The highest BCUT2D eigenvalue weighted by Crippen LogP contribution is 2.22. The molecule has 1 amide bonds. The summed E-state index contributed by atoms with van der Waals surface area (Å²) in [6.07, 6.45) is 2.04. The van der Waals surface area contributed by atoms with Crippen LogP contribution in [0.5, 0.6) is 5.75 Å². The number of nitrogens with one attached hydrogen (secondary N) is 1. The smallest absolute Gasteiger partial charge is 0.261 e. The van der Waals surface area contributed by atoms with Crippen LogP contribution in [0.15, 0.2) is 54.6 Å². The molecule has 26 heavy (non-hydrogen) atoms. The zero-order chi connectivity index (χ0) is 18.9. The van der Waals surface area contributed by atoms with E-state index in [-0.39, 0.29) is 11.9 Å². The molecule has 2 aromatic rings. The molecule has 0 unspecified atom stereocenters. The maximum absolute atomic E-state index is 12.8. The molecule has 3 nitrogen and oxygen atoms in total. The van der Waals surface area contributed by atoms with Crippen molar-refractivity contribution >= 4 is 5.91 Å². The van der Waals surface area contributed by atoms with Crippen LogP contribution < -0.4 is 10.1 Å². The Labute approximate surface area is 157 Å². The third kappa shape index (κ3) is 5.91. The van der Waals surface area contributed by atoms with Gasteiger partial charge in [0, 0.05) is 0 Å². The molecule has 140 valence electrons. The number of benzene rings is 2. The Kier molecular flexibility index (Phi) is 7.71. The van der Waals surface area contributed by atoms with Crippen LogP contribution in [0.3, 0.4) is 0 Å². The van der Waals surface area contributed by atoms with E-state index in [2.05, 4.69) is 38.2 Å². The van der Waals surface area contributed by atoms with Gasteiger partial charge in [0.2, 0.25) is 0 Å². The molecular formula is C23H31NO2. The largest absolute Gasteiger partial charge is 0.481 e. The number of hydrogen-bond donors (Lipinski definition) is 1. The van der Waals surface area contributed by atoms with Crippen LogP contribution in [0.25, 0.3) is 0 Å². The minimum Gasteiger partial charge on any atom is -0.481 e. The van der Waals surface area contributed by atoms with Gasteiger partial charge in [-0.05, 0) is 48.4 Å². The Bertz CT molecular complexity index is 664. The van der Waals surface area contributed by atoms with Crippen LogP contribution in [0.1, 0.15) is 57.7 Å². The maximum Gasteiger partial charge on any atom is 0.261 e. The number of carbonyl (C=O) groups is 1. The van der Waals surface area contributed by atoms with Crippen LogP contribution in [0, 0.1) is 5.92 Å². The van der Waals surface area contributed by atoms with Crippen molar-refractivity contribution in [3.63, 3.8) is 0 Å². The molecule has 0 aliphatic carbocycles.